The number of amides is 1. The number of hydrogen-bond donors (Lipinski definition) is 1. The van der Waals surface area contributed by atoms with Crippen LogP contribution in [0.15, 0.2) is 42.5 Å². The molecule has 1 heterocycles. The molecule has 1 aliphatic heterocycles. The van der Waals surface area contributed by atoms with Crippen LogP contribution in [0.5, 0.6) is 23.0 Å². The van der Waals surface area contributed by atoms with Gasteiger partial charge in [-0.1, -0.05) is 12.1 Å². The molecule has 0 atom stereocenters. The minimum Gasteiger partial charge on any atom is -0.490 e. The number of ether oxygens (including phenoxy) is 5. The average Bonchev–Trinajstić information content (AvgIpc) is 3.26. The van der Waals surface area contributed by atoms with Gasteiger partial charge in [-0.05, 0) is 56.9 Å². The predicted molar refractivity (Wildman–Crippen MR) is 115 cm³/mol. The molecule has 1 fully saturated rings. The maximum Gasteiger partial charge on any atom is 0.255 e. The fraction of sp³-hybridized carbons (Fsp3) is 0.458. The molecule has 7 nitrogen and oxygen atoms in total. The molecule has 0 saturated heterocycles. The Bertz CT molecular complexity index is 878. The molecule has 0 unspecified atom stereocenters. The van der Waals surface area contributed by atoms with Crippen LogP contribution in [-0.2, 0) is 4.74 Å². The molecule has 2 aromatic carbocycles. The van der Waals surface area contributed by atoms with Crippen LogP contribution in [-0.4, -0.2) is 44.7 Å². The summed E-state index contributed by atoms with van der Waals surface area (Å²) >= 11 is 0. The Morgan fingerprint density at radius 3 is 2.68 bits per heavy atom. The molecule has 7 heteroatoms. The van der Waals surface area contributed by atoms with Crippen molar-refractivity contribution in [1.29, 1.82) is 0 Å². The van der Waals surface area contributed by atoms with Crippen LogP contribution in [0.25, 0.3) is 0 Å². The molecule has 1 saturated carbocycles. The average molecular weight is 427 g/mol. The fourth-order valence-corrected chi connectivity index (χ4v) is 3.87. The van der Waals surface area contributed by atoms with E-state index in [1.54, 1.807) is 6.07 Å². The number of carbonyl (C=O) groups is 1. The van der Waals surface area contributed by atoms with Gasteiger partial charge in [-0.3, -0.25) is 4.79 Å². The highest BCUT2D eigenvalue weighted by Gasteiger charge is 2.25. The first kappa shape index (κ1) is 21.3. The van der Waals surface area contributed by atoms with Gasteiger partial charge in [0.15, 0.2) is 11.5 Å². The van der Waals surface area contributed by atoms with Crippen molar-refractivity contribution < 1.29 is 28.5 Å². The summed E-state index contributed by atoms with van der Waals surface area (Å²) in [6.07, 6.45) is 3.63. The summed E-state index contributed by atoms with van der Waals surface area (Å²) < 4.78 is 27.9. The maximum atomic E-state index is 12.8. The number of hydrogen-bond acceptors (Lipinski definition) is 6. The van der Waals surface area contributed by atoms with Crippen LogP contribution in [0.3, 0.4) is 0 Å². The van der Waals surface area contributed by atoms with Gasteiger partial charge in [-0.15, -0.1) is 0 Å². The summed E-state index contributed by atoms with van der Waals surface area (Å²) in [4.78, 5) is 12.8. The standard InChI is InChI=1S/C24H29NO6/c1-2-27-13-14-28-21-6-4-3-5-20(21)24(26)25-17-7-9-18(10-8-17)31-19-11-12-22-23(15-19)30-16-29-22/h3-6,11-12,15,17-18H,2,7-10,13-14,16H2,1H3,(H,25,26). The Morgan fingerprint density at radius 1 is 1.03 bits per heavy atom. The number of carbonyl (C=O) groups excluding carboxylic acids is 1. The lowest BCUT2D eigenvalue weighted by atomic mass is 9.92. The molecule has 166 valence electrons. The number of nitrogens with one attached hydrogen (secondary N) is 1. The van der Waals surface area contributed by atoms with Crippen molar-refractivity contribution in [2.45, 2.75) is 44.8 Å². The summed E-state index contributed by atoms with van der Waals surface area (Å²) in [6.45, 7) is 3.76. The Kier molecular flexibility index (Phi) is 7.14. The summed E-state index contributed by atoms with van der Waals surface area (Å²) in [6, 6.07) is 13.1. The van der Waals surface area contributed by atoms with E-state index in [0.29, 0.717) is 31.1 Å². The minimum absolute atomic E-state index is 0.104. The second-order valence-electron chi connectivity index (χ2n) is 7.62. The van der Waals surface area contributed by atoms with Crippen LogP contribution in [0.1, 0.15) is 43.0 Å². The lowest BCUT2D eigenvalue weighted by Gasteiger charge is -2.29. The highest BCUT2D eigenvalue weighted by molar-refractivity contribution is 5.97. The van der Waals surface area contributed by atoms with Gasteiger partial charge in [-0.25, -0.2) is 0 Å². The zero-order valence-electron chi connectivity index (χ0n) is 17.8. The highest BCUT2D eigenvalue weighted by atomic mass is 16.7. The topological polar surface area (TPSA) is 75.3 Å². The molecule has 31 heavy (non-hydrogen) atoms. The third kappa shape index (κ3) is 5.61. The summed E-state index contributed by atoms with van der Waals surface area (Å²) in [5.41, 5.74) is 0.553. The highest BCUT2D eigenvalue weighted by Crippen LogP contribution is 2.36. The van der Waals surface area contributed by atoms with Crippen LogP contribution < -0.4 is 24.3 Å². The molecule has 1 N–H and O–H groups in total. The molecule has 0 bridgehead atoms. The van der Waals surface area contributed by atoms with Crippen LogP contribution in [0.4, 0.5) is 0 Å². The minimum atomic E-state index is -0.104. The lowest BCUT2D eigenvalue weighted by molar-refractivity contribution is 0.0880. The van der Waals surface area contributed by atoms with Gasteiger partial charge in [0.2, 0.25) is 6.79 Å². The Labute approximate surface area is 182 Å². The summed E-state index contributed by atoms with van der Waals surface area (Å²) in [5, 5.41) is 3.15. The van der Waals surface area contributed by atoms with Crippen molar-refractivity contribution in [3.63, 3.8) is 0 Å². The Hall–Kier alpha value is -2.93. The van der Waals surface area contributed by atoms with Gasteiger partial charge < -0.3 is 29.0 Å². The van der Waals surface area contributed by atoms with Crippen LogP contribution >= 0.6 is 0 Å². The zero-order chi connectivity index (χ0) is 21.5. The van der Waals surface area contributed by atoms with E-state index in [2.05, 4.69) is 5.32 Å². The van der Waals surface area contributed by atoms with E-state index < -0.39 is 0 Å². The van der Waals surface area contributed by atoms with E-state index in [9.17, 15) is 4.79 Å². The first-order valence-corrected chi connectivity index (χ1v) is 10.9. The van der Waals surface area contributed by atoms with Crippen molar-refractivity contribution in [2.24, 2.45) is 0 Å². The largest absolute Gasteiger partial charge is 0.490 e. The molecule has 4 rings (SSSR count). The monoisotopic (exact) mass is 427 g/mol. The van der Waals surface area contributed by atoms with E-state index in [-0.39, 0.29) is 24.8 Å². The quantitative estimate of drug-likeness (QED) is 0.611. The van der Waals surface area contributed by atoms with Crippen molar-refractivity contribution in [3.8, 4) is 23.0 Å². The molecule has 1 amide bonds. The van der Waals surface area contributed by atoms with Gasteiger partial charge in [0.1, 0.15) is 18.1 Å². The molecule has 0 spiro atoms. The third-order valence-electron chi connectivity index (χ3n) is 5.48. The zero-order valence-corrected chi connectivity index (χ0v) is 17.8. The van der Waals surface area contributed by atoms with E-state index in [0.717, 1.165) is 42.9 Å². The molecule has 1 aliphatic carbocycles. The van der Waals surface area contributed by atoms with E-state index >= 15 is 0 Å². The first-order valence-electron chi connectivity index (χ1n) is 10.9. The Morgan fingerprint density at radius 2 is 1.84 bits per heavy atom. The van der Waals surface area contributed by atoms with Gasteiger partial charge >= 0.3 is 0 Å². The molecule has 0 radical (unpaired) electrons. The number of rotatable bonds is 9. The fourth-order valence-electron chi connectivity index (χ4n) is 3.87. The van der Waals surface area contributed by atoms with E-state index in [4.69, 9.17) is 23.7 Å². The van der Waals surface area contributed by atoms with Crippen molar-refractivity contribution in [3.05, 3.63) is 48.0 Å². The second kappa shape index (κ2) is 10.4. The Balaban J connectivity index is 1.26. The molecule has 2 aliphatic rings. The molecular weight excluding hydrogens is 398 g/mol. The molecule has 2 aromatic rings. The van der Waals surface area contributed by atoms with Gasteiger partial charge in [-0.2, -0.15) is 0 Å². The van der Waals surface area contributed by atoms with Gasteiger partial charge in [0, 0.05) is 18.7 Å². The second-order valence-corrected chi connectivity index (χ2v) is 7.62. The summed E-state index contributed by atoms with van der Waals surface area (Å²) in [7, 11) is 0. The number of para-hydroxylation sites is 1. The summed E-state index contributed by atoms with van der Waals surface area (Å²) in [5.74, 6) is 2.74. The van der Waals surface area contributed by atoms with Crippen molar-refractivity contribution >= 4 is 5.91 Å². The van der Waals surface area contributed by atoms with Crippen molar-refractivity contribution in [2.75, 3.05) is 26.6 Å². The van der Waals surface area contributed by atoms with Gasteiger partial charge in [0.25, 0.3) is 5.91 Å². The first-order chi connectivity index (χ1) is 15.2. The van der Waals surface area contributed by atoms with Crippen LogP contribution in [0.2, 0.25) is 0 Å². The predicted octanol–water partition coefficient (Wildman–Crippen LogP) is 3.95. The van der Waals surface area contributed by atoms with Gasteiger partial charge in [0.05, 0.1) is 18.3 Å². The molecule has 0 aromatic heterocycles. The number of fused-ring (bicyclic) bond motifs is 1. The number of benzene rings is 2. The SMILES string of the molecule is CCOCCOc1ccccc1C(=O)NC1CCC(Oc2ccc3c(c2)OCO3)CC1. The third-order valence-corrected chi connectivity index (χ3v) is 5.48. The van der Waals surface area contributed by atoms with E-state index in [1.807, 2.05) is 43.3 Å². The van der Waals surface area contributed by atoms with E-state index in [1.165, 1.54) is 0 Å². The van der Waals surface area contributed by atoms with Crippen molar-refractivity contribution in [1.82, 2.24) is 5.32 Å². The normalized spacial score (nSPS) is 19.6. The lowest BCUT2D eigenvalue weighted by Crippen LogP contribution is -2.39. The molecular formula is C24H29NO6. The smallest absolute Gasteiger partial charge is 0.255 e. The van der Waals surface area contributed by atoms with Crippen LogP contribution in [0, 0.1) is 0 Å². The maximum absolute atomic E-state index is 12.8.